The van der Waals surface area contributed by atoms with Crippen molar-refractivity contribution in [1.82, 2.24) is 0 Å². The van der Waals surface area contributed by atoms with Gasteiger partial charge >= 0.3 is 0 Å². The van der Waals surface area contributed by atoms with Crippen LogP contribution >= 0.6 is 12.4 Å². The van der Waals surface area contributed by atoms with E-state index in [1.807, 2.05) is 0 Å². The van der Waals surface area contributed by atoms with E-state index in [1.165, 1.54) is 19.2 Å². The van der Waals surface area contributed by atoms with Crippen LogP contribution < -0.4 is 9.88 Å². The van der Waals surface area contributed by atoms with E-state index in [0.29, 0.717) is 5.75 Å². The molecular formula is C7H10ClNO3S. The van der Waals surface area contributed by atoms with Gasteiger partial charge in [-0.2, -0.15) is 0 Å². The molecule has 0 aliphatic carbocycles. The Labute approximate surface area is 83.2 Å². The highest BCUT2D eigenvalue weighted by atomic mass is 35.5. The molecule has 2 N–H and O–H groups in total. The van der Waals surface area contributed by atoms with Crippen LogP contribution in [0.3, 0.4) is 0 Å². The van der Waals surface area contributed by atoms with Crippen LogP contribution in [0.5, 0.6) is 5.75 Å². The molecule has 0 saturated heterocycles. The van der Waals surface area contributed by atoms with Gasteiger partial charge in [-0.25, -0.2) is 13.6 Å². The van der Waals surface area contributed by atoms with Crippen LogP contribution in [0.25, 0.3) is 0 Å². The summed E-state index contributed by atoms with van der Waals surface area (Å²) in [5.41, 5.74) is 0. The van der Waals surface area contributed by atoms with E-state index in [2.05, 4.69) is 0 Å². The number of benzene rings is 1. The largest absolute Gasteiger partial charge is 0.497 e. The zero-order valence-electron chi connectivity index (χ0n) is 6.93. The average molecular weight is 224 g/mol. The summed E-state index contributed by atoms with van der Waals surface area (Å²) in [6.45, 7) is 0. The molecule has 0 bridgehead atoms. The maximum atomic E-state index is 10.8. The number of hydrogen-bond acceptors (Lipinski definition) is 3. The second-order valence-corrected chi connectivity index (χ2v) is 3.79. The number of primary sulfonamides is 1. The molecule has 0 spiro atoms. The zero-order chi connectivity index (χ0) is 9.19. The molecule has 0 saturated carbocycles. The van der Waals surface area contributed by atoms with E-state index in [9.17, 15) is 8.42 Å². The molecule has 1 rings (SSSR count). The fourth-order valence-corrected chi connectivity index (χ4v) is 1.33. The molecule has 0 aromatic heterocycles. The zero-order valence-corrected chi connectivity index (χ0v) is 8.56. The minimum absolute atomic E-state index is 0. The maximum Gasteiger partial charge on any atom is 0.238 e. The predicted octanol–water partition coefficient (Wildman–Crippen LogP) is 0.764. The van der Waals surface area contributed by atoms with Crippen molar-refractivity contribution in [1.29, 1.82) is 0 Å². The Morgan fingerprint density at radius 2 is 2.00 bits per heavy atom. The number of ether oxygens (including phenoxy) is 1. The van der Waals surface area contributed by atoms with Crippen LogP contribution in [0.4, 0.5) is 0 Å². The number of halogens is 1. The highest BCUT2D eigenvalue weighted by Crippen LogP contribution is 2.15. The third-order valence-electron chi connectivity index (χ3n) is 1.37. The van der Waals surface area contributed by atoms with Gasteiger partial charge in [0.2, 0.25) is 10.0 Å². The quantitative estimate of drug-likeness (QED) is 0.805. The van der Waals surface area contributed by atoms with Crippen molar-refractivity contribution in [2.45, 2.75) is 4.90 Å². The van der Waals surface area contributed by atoms with Crippen LogP contribution in [-0.4, -0.2) is 15.5 Å². The van der Waals surface area contributed by atoms with Gasteiger partial charge in [-0.1, -0.05) is 6.07 Å². The number of methoxy groups -OCH3 is 1. The third kappa shape index (κ3) is 3.22. The van der Waals surface area contributed by atoms with Crippen LogP contribution in [0, 0.1) is 0 Å². The van der Waals surface area contributed by atoms with Crippen LogP contribution in [-0.2, 0) is 10.0 Å². The molecule has 0 amide bonds. The van der Waals surface area contributed by atoms with Gasteiger partial charge in [-0.3, -0.25) is 0 Å². The fraction of sp³-hybridized carbons (Fsp3) is 0.143. The molecule has 4 nitrogen and oxygen atoms in total. The molecule has 0 atom stereocenters. The molecule has 0 aliphatic rings. The molecule has 6 heteroatoms. The van der Waals surface area contributed by atoms with Crippen molar-refractivity contribution < 1.29 is 13.2 Å². The Balaban J connectivity index is 0.00000144. The third-order valence-corrected chi connectivity index (χ3v) is 2.28. The summed E-state index contributed by atoms with van der Waals surface area (Å²) >= 11 is 0. The normalized spacial score (nSPS) is 10.3. The standard InChI is InChI=1S/C7H9NO3S.ClH/c1-11-6-3-2-4-7(5-6)12(8,9)10;/h2-5H,1H3,(H2,8,9,10);1H. The first-order chi connectivity index (χ1) is 5.54. The first-order valence-corrected chi connectivity index (χ1v) is 4.75. The monoisotopic (exact) mass is 223 g/mol. The Kier molecular flexibility index (Phi) is 4.19. The van der Waals surface area contributed by atoms with Crippen molar-refractivity contribution in [3.05, 3.63) is 24.3 Å². The van der Waals surface area contributed by atoms with Gasteiger partial charge < -0.3 is 4.74 Å². The Morgan fingerprint density at radius 3 is 2.46 bits per heavy atom. The molecule has 13 heavy (non-hydrogen) atoms. The molecule has 0 radical (unpaired) electrons. The summed E-state index contributed by atoms with van der Waals surface area (Å²) in [6, 6.07) is 6.00. The van der Waals surface area contributed by atoms with Crippen molar-refractivity contribution in [3.63, 3.8) is 0 Å². The van der Waals surface area contributed by atoms with Crippen molar-refractivity contribution in [3.8, 4) is 5.75 Å². The minimum atomic E-state index is -3.62. The molecule has 1 aromatic rings. The SMILES string of the molecule is COc1cccc(S(N)(=O)=O)c1.Cl. The Bertz CT molecular complexity index is 377. The fourth-order valence-electron chi connectivity index (χ4n) is 0.778. The first-order valence-electron chi connectivity index (χ1n) is 3.21. The van der Waals surface area contributed by atoms with E-state index in [0.717, 1.165) is 0 Å². The van der Waals surface area contributed by atoms with Gasteiger partial charge in [0, 0.05) is 6.07 Å². The van der Waals surface area contributed by atoms with Gasteiger partial charge in [0.25, 0.3) is 0 Å². The van der Waals surface area contributed by atoms with Gasteiger partial charge in [-0.15, -0.1) is 12.4 Å². The number of sulfonamides is 1. The minimum Gasteiger partial charge on any atom is -0.497 e. The number of rotatable bonds is 2. The van der Waals surface area contributed by atoms with E-state index in [-0.39, 0.29) is 17.3 Å². The van der Waals surface area contributed by atoms with E-state index < -0.39 is 10.0 Å². The summed E-state index contributed by atoms with van der Waals surface area (Å²) in [5, 5.41) is 4.90. The molecule has 0 heterocycles. The van der Waals surface area contributed by atoms with E-state index >= 15 is 0 Å². The Hall–Kier alpha value is -0.780. The van der Waals surface area contributed by atoms with Gasteiger partial charge in [-0.05, 0) is 12.1 Å². The Morgan fingerprint density at radius 1 is 1.38 bits per heavy atom. The second kappa shape index (κ2) is 4.45. The van der Waals surface area contributed by atoms with Crippen LogP contribution in [0.1, 0.15) is 0 Å². The molecule has 74 valence electrons. The lowest BCUT2D eigenvalue weighted by Crippen LogP contribution is -2.11. The number of hydrogen-bond donors (Lipinski definition) is 1. The molecule has 0 fully saturated rings. The van der Waals surface area contributed by atoms with Gasteiger partial charge in [0.1, 0.15) is 5.75 Å². The predicted molar refractivity (Wildman–Crippen MR) is 51.6 cm³/mol. The highest BCUT2D eigenvalue weighted by Gasteiger charge is 2.07. The second-order valence-electron chi connectivity index (χ2n) is 2.22. The summed E-state index contributed by atoms with van der Waals surface area (Å²) in [5.74, 6) is 0.474. The summed E-state index contributed by atoms with van der Waals surface area (Å²) < 4.78 is 26.5. The smallest absolute Gasteiger partial charge is 0.238 e. The topological polar surface area (TPSA) is 69.4 Å². The van der Waals surface area contributed by atoms with Crippen molar-refractivity contribution >= 4 is 22.4 Å². The summed E-state index contributed by atoms with van der Waals surface area (Å²) in [4.78, 5) is 0.0573. The highest BCUT2D eigenvalue weighted by molar-refractivity contribution is 7.89. The summed E-state index contributed by atoms with van der Waals surface area (Å²) in [6.07, 6.45) is 0. The van der Waals surface area contributed by atoms with Crippen LogP contribution in [0.2, 0.25) is 0 Å². The van der Waals surface area contributed by atoms with Crippen LogP contribution in [0.15, 0.2) is 29.2 Å². The lowest BCUT2D eigenvalue weighted by molar-refractivity contribution is 0.413. The maximum absolute atomic E-state index is 10.8. The van der Waals surface area contributed by atoms with E-state index in [4.69, 9.17) is 9.88 Å². The van der Waals surface area contributed by atoms with Gasteiger partial charge in [0.15, 0.2) is 0 Å². The molecular weight excluding hydrogens is 214 g/mol. The molecule has 0 aliphatic heterocycles. The summed E-state index contributed by atoms with van der Waals surface area (Å²) in [7, 11) is -2.15. The molecule has 0 unspecified atom stereocenters. The van der Waals surface area contributed by atoms with Crippen molar-refractivity contribution in [2.75, 3.05) is 7.11 Å². The molecule has 1 aromatic carbocycles. The van der Waals surface area contributed by atoms with Crippen molar-refractivity contribution in [2.24, 2.45) is 5.14 Å². The van der Waals surface area contributed by atoms with Gasteiger partial charge in [0.05, 0.1) is 12.0 Å². The lowest BCUT2D eigenvalue weighted by Gasteiger charge is -2.01. The van der Waals surface area contributed by atoms with E-state index in [1.54, 1.807) is 12.1 Å². The first kappa shape index (κ1) is 12.2. The lowest BCUT2D eigenvalue weighted by atomic mass is 10.3. The number of nitrogens with two attached hydrogens (primary N) is 1. The average Bonchev–Trinajstić information content (AvgIpc) is 2.03.